The van der Waals surface area contributed by atoms with Gasteiger partial charge in [0, 0.05) is 22.1 Å². The van der Waals surface area contributed by atoms with Crippen LogP contribution in [0.2, 0.25) is 5.02 Å². The van der Waals surface area contributed by atoms with Gasteiger partial charge in [0.15, 0.2) is 0 Å². The second-order valence-corrected chi connectivity index (χ2v) is 4.98. The fourth-order valence-electron chi connectivity index (χ4n) is 2.23. The number of aromatic amines is 1. The molecule has 3 rings (SSSR count). The Kier molecular flexibility index (Phi) is 3.54. The molecule has 2 N–H and O–H groups in total. The zero-order valence-corrected chi connectivity index (χ0v) is 12.1. The highest BCUT2D eigenvalue weighted by Gasteiger charge is 2.14. The molecule has 4 nitrogen and oxygen atoms in total. The van der Waals surface area contributed by atoms with Gasteiger partial charge in [-0.25, -0.2) is 0 Å². The van der Waals surface area contributed by atoms with E-state index in [0.717, 1.165) is 10.9 Å². The summed E-state index contributed by atoms with van der Waals surface area (Å²) in [6.45, 7) is 0. The molecule has 0 spiro atoms. The predicted molar refractivity (Wildman–Crippen MR) is 84.3 cm³/mol. The van der Waals surface area contributed by atoms with Gasteiger partial charge in [-0.15, -0.1) is 0 Å². The van der Waals surface area contributed by atoms with Crippen LogP contribution in [0.3, 0.4) is 0 Å². The number of para-hydroxylation sites is 1. The van der Waals surface area contributed by atoms with E-state index in [1.165, 1.54) is 0 Å². The minimum atomic E-state index is -0.215. The summed E-state index contributed by atoms with van der Waals surface area (Å²) in [6.07, 6.45) is 1.69. The van der Waals surface area contributed by atoms with E-state index in [0.29, 0.717) is 22.0 Å². The Labute approximate surface area is 126 Å². The van der Waals surface area contributed by atoms with Crippen molar-refractivity contribution < 1.29 is 9.53 Å². The van der Waals surface area contributed by atoms with Crippen molar-refractivity contribution >= 4 is 34.1 Å². The van der Waals surface area contributed by atoms with Gasteiger partial charge >= 0.3 is 0 Å². The van der Waals surface area contributed by atoms with Gasteiger partial charge in [-0.3, -0.25) is 4.79 Å². The molecule has 0 saturated carbocycles. The van der Waals surface area contributed by atoms with Gasteiger partial charge in [0.1, 0.15) is 5.75 Å². The number of methoxy groups -OCH3 is 1. The van der Waals surface area contributed by atoms with Gasteiger partial charge in [-0.1, -0.05) is 29.8 Å². The van der Waals surface area contributed by atoms with E-state index in [-0.39, 0.29) is 5.91 Å². The van der Waals surface area contributed by atoms with Crippen LogP contribution in [0.1, 0.15) is 10.4 Å². The molecule has 0 unspecified atom stereocenters. The summed E-state index contributed by atoms with van der Waals surface area (Å²) < 4.78 is 5.22. The van der Waals surface area contributed by atoms with E-state index < -0.39 is 0 Å². The molecule has 0 aliphatic rings. The Morgan fingerprint density at radius 2 is 2.05 bits per heavy atom. The van der Waals surface area contributed by atoms with Gasteiger partial charge in [-0.05, 0) is 24.3 Å². The maximum atomic E-state index is 12.4. The molecule has 0 aliphatic heterocycles. The standard InChI is InChI=1S/C16H13ClN2O2/c1-21-15-7-6-10(17)8-14(15)19-16(20)12-9-18-13-5-3-2-4-11(12)13/h2-9,18H,1H3,(H,19,20). The lowest BCUT2D eigenvalue weighted by Gasteiger charge is -2.10. The fourth-order valence-corrected chi connectivity index (χ4v) is 2.40. The molecule has 1 heterocycles. The molecule has 0 fully saturated rings. The summed E-state index contributed by atoms with van der Waals surface area (Å²) in [5.74, 6) is 0.348. The monoisotopic (exact) mass is 300 g/mol. The maximum absolute atomic E-state index is 12.4. The molecule has 5 heteroatoms. The first-order valence-electron chi connectivity index (χ1n) is 6.40. The van der Waals surface area contributed by atoms with Crippen molar-refractivity contribution in [2.24, 2.45) is 0 Å². The third-order valence-electron chi connectivity index (χ3n) is 3.24. The Bertz CT molecular complexity index is 811. The van der Waals surface area contributed by atoms with Crippen LogP contribution in [0.5, 0.6) is 5.75 Å². The number of hydrogen-bond acceptors (Lipinski definition) is 2. The minimum Gasteiger partial charge on any atom is -0.495 e. The zero-order chi connectivity index (χ0) is 14.8. The van der Waals surface area contributed by atoms with E-state index in [1.807, 2.05) is 24.3 Å². The largest absolute Gasteiger partial charge is 0.495 e. The van der Waals surface area contributed by atoms with E-state index in [1.54, 1.807) is 31.5 Å². The summed E-state index contributed by atoms with van der Waals surface area (Å²) in [5, 5.41) is 4.23. The van der Waals surface area contributed by atoms with E-state index >= 15 is 0 Å². The molecule has 0 aliphatic carbocycles. The predicted octanol–water partition coefficient (Wildman–Crippen LogP) is 4.08. The summed E-state index contributed by atoms with van der Waals surface area (Å²) in [6, 6.07) is 12.7. The molecule has 3 aromatic rings. The van der Waals surface area contributed by atoms with E-state index in [2.05, 4.69) is 10.3 Å². The van der Waals surface area contributed by atoms with Crippen LogP contribution in [-0.2, 0) is 0 Å². The Hall–Kier alpha value is -2.46. The first-order chi connectivity index (χ1) is 10.2. The van der Waals surface area contributed by atoms with Gasteiger partial charge in [0.05, 0.1) is 18.4 Å². The van der Waals surface area contributed by atoms with Crippen LogP contribution in [-0.4, -0.2) is 18.0 Å². The maximum Gasteiger partial charge on any atom is 0.257 e. The average Bonchev–Trinajstić information content (AvgIpc) is 2.91. The number of rotatable bonds is 3. The summed E-state index contributed by atoms with van der Waals surface area (Å²) in [4.78, 5) is 15.5. The Balaban J connectivity index is 1.95. The molecule has 1 aromatic heterocycles. The van der Waals surface area contributed by atoms with Crippen molar-refractivity contribution in [2.75, 3.05) is 12.4 Å². The highest BCUT2D eigenvalue weighted by atomic mass is 35.5. The third-order valence-corrected chi connectivity index (χ3v) is 3.48. The number of carbonyl (C=O) groups is 1. The normalized spacial score (nSPS) is 10.6. The van der Waals surface area contributed by atoms with Gasteiger partial charge < -0.3 is 15.0 Å². The third kappa shape index (κ3) is 2.58. The SMILES string of the molecule is COc1ccc(Cl)cc1NC(=O)c1c[nH]c2ccccc12. The van der Waals surface area contributed by atoms with E-state index in [9.17, 15) is 4.79 Å². The summed E-state index contributed by atoms with van der Waals surface area (Å²) in [7, 11) is 1.55. The molecule has 106 valence electrons. The molecule has 0 bridgehead atoms. The second-order valence-electron chi connectivity index (χ2n) is 4.55. The van der Waals surface area contributed by atoms with Gasteiger partial charge in [-0.2, -0.15) is 0 Å². The number of hydrogen-bond donors (Lipinski definition) is 2. The van der Waals surface area contributed by atoms with Crippen LogP contribution in [0.4, 0.5) is 5.69 Å². The molecule has 2 aromatic carbocycles. The number of amides is 1. The topological polar surface area (TPSA) is 54.1 Å². The Morgan fingerprint density at radius 3 is 2.86 bits per heavy atom. The van der Waals surface area contributed by atoms with Crippen LogP contribution in [0, 0.1) is 0 Å². The molecule has 0 saturated heterocycles. The number of fused-ring (bicyclic) bond motifs is 1. The average molecular weight is 301 g/mol. The van der Waals surface area contributed by atoms with Crippen molar-refractivity contribution in [3.05, 3.63) is 59.2 Å². The Morgan fingerprint density at radius 1 is 1.24 bits per heavy atom. The lowest BCUT2D eigenvalue weighted by molar-refractivity contribution is 0.102. The van der Waals surface area contributed by atoms with Crippen molar-refractivity contribution in [1.82, 2.24) is 4.98 Å². The van der Waals surface area contributed by atoms with Crippen molar-refractivity contribution in [3.63, 3.8) is 0 Å². The van der Waals surface area contributed by atoms with Crippen molar-refractivity contribution in [1.29, 1.82) is 0 Å². The summed E-state index contributed by atoms with van der Waals surface area (Å²) in [5.41, 5.74) is 2.04. The number of benzene rings is 2. The minimum absolute atomic E-state index is 0.215. The first-order valence-corrected chi connectivity index (χ1v) is 6.78. The molecule has 0 radical (unpaired) electrons. The lowest BCUT2D eigenvalue weighted by Crippen LogP contribution is -2.12. The second kappa shape index (κ2) is 5.50. The number of ether oxygens (including phenoxy) is 1. The van der Waals surface area contributed by atoms with Gasteiger partial charge in [0.25, 0.3) is 5.91 Å². The van der Waals surface area contributed by atoms with Gasteiger partial charge in [0.2, 0.25) is 0 Å². The zero-order valence-electron chi connectivity index (χ0n) is 11.3. The molecular formula is C16H13ClN2O2. The lowest BCUT2D eigenvalue weighted by atomic mass is 10.1. The number of carbonyl (C=O) groups excluding carboxylic acids is 1. The van der Waals surface area contributed by atoms with Crippen LogP contribution in [0.15, 0.2) is 48.7 Å². The molecule has 1 amide bonds. The van der Waals surface area contributed by atoms with Crippen LogP contribution < -0.4 is 10.1 Å². The fraction of sp³-hybridized carbons (Fsp3) is 0.0625. The molecule has 0 atom stereocenters. The highest BCUT2D eigenvalue weighted by Crippen LogP contribution is 2.28. The highest BCUT2D eigenvalue weighted by molar-refractivity contribution is 6.31. The quantitative estimate of drug-likeness (QED) is 0.765. The van der Waals surface area contributed by atoms with Crippen molar-refractivity contribution in [3.8, 4) is 5.75 Å². The van der Waals surface area contributed by atoms with Crippen LogP contribution >= 0.6 is 11.6 Å². The first kappa shape index (κ1) is 13.5. The molecule has 21 heavy (non-hydrogen) atoms. The number of anilines is 1. The van der Waals surface area contributed by atoms with E-state index in [4.69, 9.17) is 16.3 Å². The van der Waals surface area contributed by atoms with Crippen LogP contribution in [0.25, 0.3) is 10.9 Å². The number of nitrogens with one attached hydrogen (secondary N) is 2. The number of aromatic nitrogens is 1. The number of H-pyrrole nitrogens is 1. The summed E-state index contributed by atoms with van der Waals surface area (Å²) >= 11 is 5.96. The molecular weight excluding hydrogens is 288 g/mol. The van der Waals surface area contributed by atoms with Crippen molar-refractivity contribution in [2.45, 2.75) is 0 Å². The number of halogens is 1. The smallest absolute Gasteiger partial charge is 0.257 e.